The zero-order valence-corrected chi connectivity index (χ0v) is 15.8. The van der Waals surface area contributed by atoms with Crippen molar-refractivity contribution in [3.63, 3.8) is 0 Å². The lowest BCUT2D eigenvalue weighted by atomic mass is 9.91. The predicted octanol–water partition coefficient (Wildman–Crippen LogP) is 2.70. The van der Waals surface area contributed by atoms with E-state index in [0.29, 0.717) is 13.0 Å². The molecule has 4 heteroatoms. The fourth-order valence-electron chi connectivity index (χ4n) is 2.99. The highest BCUT2D eigenvalue weighted by Gasteiger charge is 2.22. The van der Waals surface area contributed by atoms with Crippen LogP contribution >= 0.6 is 0 Å². The highest BCUT2D eigenvalue weighted by Crippen LogP contribution is 2.20. The Hall–Kier alpha value is -1.39. The van der Waals surface area contributed by atoms with E-state index >= 15 is 0 Å². The van der Waals surface area contributed by atoms with Crippen molar-refractivity contribution >= 4 is 5.91 Å². The molecule has 1 saturated heterocycles. The summed E-state index contributed by atoms with van der Waals surface area (Å²) in [6.07, 6.45) is 0.600. The second-order valence-corrected chi connectivity index (χ2v) is 8.18. The number of piperazine rings is 1. The lowest BCUT2D eigenvalue weighted by Gasteiger charge is -2.34. The average Bonchev–Trinajstić information content (AvgIpc) is 2.52. The van der Waals surface area contributed by atoms with Crippen LogP contribution in [0.3, 0.4) is 0 Å². The molecule has 1 aliphatic heterocycles. The maximum Gasteiger partial charge on any atom is 0.223 e. The number of rotatable bonds is 6. The molecule has 0 aromatic heterocycles. The Morgan fingerprint density at radius 2 is 1.71 bits per heavy atom. The first-order valence-corrected chi connectivity index (χ1v) is 9.06. The summed E-state index contributed by atoms with van der Waals surface area (Å²) < 4.78 is 0. The average molecular weight is 332 g/mol. The minimum Gasteiger partial charge on any atom is -0.337 e. The van der Waals surface area contributed by atoms with E-state index in [1.165, 1.54) is 5.56 Å². The van der Waals surface area contributed by atoms with Crippen LogP contribution in [0.5, 0.6) is 0 Å². The SMILES string of the molecule is CN1CCN(CCN(Cc2ccccc2)C(=O)CC(C)(C)C)CC1. The van der Waals surface area contributed by atoms with Gasteiger partial charge in [0.15, 0.2) is 0 Å². The van der Waals surface area contributed by atoms with Gasteiger partial charge in [-0.2, -0.15) is 0 Å². The predicted molar refractivity (Wildman–Crippen MR) is 99.9 cm³/mol. The molecule has 1 aromatic carbocycles. The number of nitrogens with zero attached hydrogens (tertiary/aromatic N) is 3. The van der Waals surface area contributed by atoms with E-state index in [0.717, 1.165) is 39.3 Å². The molecule has 1 aromatic rings. The van der Waals surface area contributed by atoms with Crippen LogP contribution in [0.4, 0.5) is 0 Å². The highest BCUT2D eigenvalue weighted by atomic mass is 16.2. The van der Waals surface area contributed by atoms with Crippen LogP contribution in [-0.2, 0) is 11.3 Å². The molecule has 0 atom stereocenters. The Morgan fingerprint density at radius 1 is 1.08 bits per heavy atom. The maximum absolute atomic E-state index is 12.8. The zero-order valence-electron chi connectivity index (χ0n) is 15.8. The number of likely N-dealkylation sites (N-methyl/N-ethyl adjacent to an activating group) is 1. The van der Waals surface area contributed by atoms with Crippen LogP contribution < -0.4 is 0 Å². The van der Waals surface area contributed by atoms with Gasteiger partial charge in [-0.05, 0) is 18.0 Å². The van der Waals surface area contributed by atoms with Gasteiger partial charge in [-0.15, -0.1) is 0 Å². The molecule has 0 aliphatic carbocycles. The van der Waals surface area contributed by atoms with Gasteiger partial charge in [0.2, 0.25) is 5.91 Å². The molecule has 1 aliphatic rings. The Bertz CT molecular complexity index is 501. The zero-order chi connectivity index (χ0) is 17.6. The van der Waals surface area contributed by atoms with Crippen LogP contribution in [0, 0.1) is 5.41 Å². The van der Waals surface area contributed by atoms with E-state index in [-0.39, 0.29) is 11.3 Å². The van der Waals surface area contributed by atoms with Gasteiger partial charge in [-0.25, -0.2) is 0 Å². The maximum atomic E-state index is 12.8. The molecule has 1 heterocycles. The normalized spacial score (nSPS) is 17.0. The van der Waals surface area contributed by atoms with E-state index in [1.807, 2.05) is 23.1 Å². The Morgan fingerprint density at radius 3 is 2.29 bits per heavy atom. The number of benzene rings is 1. The third kappa shape index (κ3) is 6.62. The lowest BCUT2D eigenvalue weighted by molar-refractivity contribution is -0.134. The first-order chi connectivity index (χ1) is 11.3. The lowest BCUT2D eigenvalue weighted by Crippen LogP contribution is -2.47. The van der Waals surface area contributed by atoms with E-state index in [1.54, 1.807) is 0 Å². The quantitative estimate of drug-likeness (QED) is 0.802. The van der Waals surface area contributed by atoms with E-state index in [9.17, 15) is 4.79 Å². The standard InChI is InChI=1S/C20H33N3O/c1-20(2,3)16-19(24)23(17-18-8-6-5-7-9-18)15-14-22-12-10-21(4)11-13-22/h5-9H,10-17H2,1-4H3. The summed E-state index contributed by atoms with van der Waals surface area (Å²) in [5, 5.41) is 0. The first-order valence-electron chi connectivity index (χ1n) is 9.06. The van der Waals surface area contributed by atoms with Gasteiger partial charge in [0.05, 0.1) is 0 Å². The molecular weight excluding hydrogens is 298 g/mol. The summed E-state index contributed by atoms with van der Waals surface area (Å²) in [4.78, 5) is 19.7. The highest BCUT2D eigenvalue weighted by molar-refractivity contribution is 5.76. The number of carbonyl (C=O) groups is 1. The summed E-state index contributed by atoms with van der Waals surface area (Å²) in [6, 6.07) is 10.3. The number of carbonyl (C=O) groups excluding carboxylic acids is 1. The van der Waals surface area contributed by atoms with E-state index in [4.69, 9.17) is 0 Å². The fourth-order valence-corrected chi connectivity index (χ4v) is 2.99. The van der Waals surface area contributed by atoms with Gasteiger partial charge < -0.3 is 9.80 Å². The topological polar surface area (TPSA) is 26.8 Å². The number of hydrogen-bond donors (Lipinski definition) is 0. The molecule has 0 bridgehead atoms. The van der Waals surface area contributed by atoms with E-state index < -0.39 is 0 Å². The summed E-state index contributed by atoms with van der Waals surface area (Å²) in [6.45, 7) is 13.3. The van der Waals surface area contributed by atoms with Crippen molar-refractivity contribution in [1.29, 1.82) is 0 Å². The number of hydrogen-bond acceptors (Lipinski definition) is 3. The minimum absolute atomic E-state index is 0.0276. The van der Waals surface area contributed by atoms with Gasteiger partial charge >= 0.3 is 0 Å². The van der Waals surface area contributed by atoms with Crippen molar-refractivity contribution < 1.29 is 4.79 Å². The fraction of sp³-hybridized carbons (Fsp3) is 0.650. The monoisotopic (exact) mass is 331 g/mol. The van der Waals surface area contributed by atoms with Gasteiger partial charge in [0.25, 0.3) is 0 Å². The van der Waals surface area contributed by atoms with Crippen LogP contribution in [0.2, 0.25) is 0 Å². The van der Waals surface area contributed by atoms with Gasteiger partial charge in [0.1, 0.15) is 0 Å². The molecule has 134 valence electrons. The Kier molecular flexibility index (Phi) is 6.81. The minimum atomic E-state index is 0.0276. The van der Waals surface area contributed by atoms with Crippen molar-refractivity contribution in [1.82, 2.24) is 14.7 Å². The van der Waals surface area contributed by atoms with Crippen LogP contribution in [0.15, 0.2) is 30.3 Å². The van der Waals surface area contributed by atoms with Crippen molar-refractivity contribution in [2.75, 3.05) is 46.3 Å². The van der Waals surface area contributed by atoms with Gasteiger partial charge in [-0.3, -0.25) is 9.69 Å². The van der Waals surface area contributed by atoms with Crippen molar-refractivity contribution in [3.05, 3.63) is 35.9 Å². The molecule has 0 N–H and O–H groups in total. The largest absolute Gasteiger partial charge is 0.337 e. The molecule has 4 nitrogen and oxygen atoms in total. The molecule has 1 amide bonds. The molecular formula is C20H33N3O. The Labute approximate surface area is 147 Å². The second kappa shape index (κ2) is 8.63. The smallest absolute Gasteiger partial charge is 0.223 e. The molecule has 0 spiro atoms. The van der Waals surface area contributed by atoms with Crippen molar-refractivity contribution in [3.8, 4) is 0 Å². The Balaban J connectivity index is 1.95. The first kappa shape index (κ1) is 18.9. The summed E-state index contributed by atoms with van der Waals surface area (Å²) in [5.74, 6) is 0.264. The van der Waals surface area contributed by atoms with Crippen LogP contribution in [0.1, 0.15) is 32.8 Å². The van der Waals surface area contributed by atoms with E-state index in [2.05, 4.69) is 49.8 Å². The molecule has 0 unspecified atom stereocenters. The van der Waals surface area contributed by atoms with Gasteiger partial charge in [0, 0.05) is 52.2 Å². The summed E-state index contributed by atoms with van der Waals surface area (Å²) in [5.41, 5.74) is 1.23. The summed E-state index contributed by atoms with van der Waals surface area (Å²) >= 11 is 0. The second-order valence-electron chi connectivity index (χ2n) is 8.18. The molecule has 0 radical (unpaired) electrons. The molecule has 24 heavy (non-hydrogen) atoms. The third-order valence-corrected chi connectivity index (χ3v) is 4.53. The van der Waals surface area contributed by atoms with Crippen molar-refractivity contribution in [2.24, 2.45) is 5.41 Å². The summed E-state index contributed by atoms with van der Waals surface area (Å²) in [7, 11) is 2.17. The molecule has 1 fully saturated rings. The van der Waals surface area contributed by atoms with Gasteiger partial charge in [-0.1, -0.05) is 51.1 Å². The van der Waals surface area contributed by atoms with Crippen molar-refractivity contribution in [2.45, 2.75) is 33.7 Å². The molecule has 2 rings (SSSR count). The number of amides is 1. The molecule has 0 saturated carbocycles. The van der Waals surface area contributed by atoms with Crippen LogP contribution in [-0.4, -0.2) is 66.9 Å². The van der Waals surface area contributed by atoms with Crippen LogP contribution in [0.25, 0.3) is 0 Å². The third-order valence-electron chi connectivity index (χ3n) is 4.53.